The Morgan fingerprint density at radius 2 is 2.17 bits per heavy atom. The fourth-order valence-corrected chi connectivity index (χ4v) is 2.02. The fourth-order valence-electron chi connectivity index (χ4n) is 2.02. The minimum atomic E-state index is -0.318. The SMILES string of the molecule is Cc1c(-c2cccc(F)c2)nc(C2CC2)[nH]c1=O. The van der Waals surface area contributed by atoms with Crippen LogP contribution < -0.4 is 5.56 Å². The summed E-state index contributed by atoms with van der Waals surface area (Å²) in [5, 5.41) is 0. The Kier molecular flexibility index (Phi) is 2.51. The number of H-pyrrole nitrogens is 1. The quantitative estimate of drug-likeness (QED) is 0.882. The predicted molar refractivity (Wildman–Crippen MR) is 67.0 cm³/mol. The second-order valence-corrected chi connectivity index (χ2v) is 4.71. The molecule has 3 nitrogen and oxygen atoms in total. The summed E-state index contributed by atoms with van der Waals surface area (Å²) in [6.45, 7) is 1.71. The van der Waals surface area contributed by atoms with E-state index in [2.05, 4.69) is 9.97 Å². The normalized spacial score (nSPS) is 14.8. The third kappa shape index (κ3) is 1.94. The van der Waals surface area contributed by atoms with Crippen LogP contribution in [0, 0.1) is 12.7 Å². The van der Waals surface area contributed by atoms with Crippen LogP contribution in [-0.4, -0.2) is 9.97 Å². The highest BCUT2D eigenvalue weighted by Crippen LogP contribution is 2.38. The lowest BCUT2D eigenvalue weighted by Crippen LogP contribution is -2.15. The molecular weight excluding hydrogens is 231 g/mol. The highest BCUT2D eigenvalue weighted by Gasteiger charge is 2.27. The van der Waals surface area contributed by atoms with Crippen LogP contribution >= 0.6 is 0 Å². The Hall–Kier alpha value is -1.97. The Morgan fingerprint density at radius 3 is 2.83 bits per heavy atom. The van der Waals surface area contributed by atoms with E-state index in [9.17, 15) is 9.18 Å². The number of nitrogens with zero attached hydrogens (tertiary/aromatic N) is 1. The first-order chi connectivity index (χ1) is 8.65. The van der Waals surface area contributed by atoms with Crippen molar-refractivity contribution < 1.29 is 4.39 Å². The van der Waals surface area contributed by atoms with E-state index < -0.39 is 0 Å². The molecule has 0 unspecified atom stereocenters. The predicted octanol–water partition coefficient (Wildman–Crippen LogP) is 2.76. The van der Waals surface area contributed by atoms with Gasteiger partial charge in [-0.3, -0.25) is 4.79 Å². The number of aromatic amines is 1. The minimum Gasteiger partial charge on any atom is -0.310 e. The van der Waals surface area contributed by atoms with Gasteiger partial charge in [0.05, 0.1) is 5.69 Å². The van der Waals surface area contributed by atoms with Crippen molar-refractivity contribution in [1.82, 2.24) is 9.97 Å². The molecule has 92 valence electrons. The zero-order chi connectivity index (χ0) is 12.7. The van der Waals surface area contributed by atoms with Crippen molar-refractivity contribution in [3.05, 3.63) is 51.8 Å². The maximum absolute atomic E-state index is 13.2. The fraction of sp³-hybridized carbons (Fsp3) is 0.286. The largest absolute Gasteiger partial charge is 0.310 e. The van der Waals surface area contributed by atoms with Crippen LogP contribution in [0.2, 0.25) is 0 Å². The maximum atomic E-state index is 13.2. The van der Waals surface area contributed by atoms with Crippen LogP contribution in [0.4, 0.5) is 4.39 Å². The molecule has 0 saturated heterocycles. The van der Waals surface area contributed by atoms with Gasteiger partial charge >= 0.3 is 0 Å². The molecule has 18 heavy (non-hydrogen) atoms. The lowest BCUT2D eigenvalue weighted by atomic mass is 10.1. The molecule has 0 aliphatic heterocycles. The van der Waals surface area contributed by atoms with Crippen LogP contribution in [0.25, 0.3) is 11.3 Å². The summed E-state index contributed by atoms with van der Waals surface area (Å²) in [5.74, 6) is 0.775. The van der Waals surface area contributed by atoms with Crippen molar-refractivity contribution in [2.45, 2.75) is 25.7 Å². The molecule has 1 saturated carbocycles. The topological polar surface area (TPSA) is 45.8 Å². The van der Waals surface area contributed by atoms with E-state index >= 15 is 0 Å². The van der Waals surface area contributed by atoms with Crippen LogP contribution in [0.5, 0.6) is 0 Å². The molecule has 2 aromatic rings. The molecule has 0 bridgehead atoms. The second kappa shape index (κ2) is 4.05. The first kappa shape index (κ1) is 11.1. The van der Waals surface area contributed by atoms with Gasteiger partial charge in [-0.15, -0.1) is 0 Å². The van der Waals surface area contributed by atoms with Gasteiger partial charge in [0.1, 0.15) is 11.6 Å². The van der Waals surface area contributed by atoms with E-state index in [1.807, 2.05) is 0 Å². The average molecular weight is 244 g/mol. The van der Waals surface area contributed by atoms with Crippen LogP contribution in [0.1, 0.15) is 30.1 Å². The third-order valence-corrected chi connectivity index (χ3v) is 3.23. The summed E-state index contributed by atoms with van der Waals surface area (Å²) in [7, 11) is 0. The van der Waals surface area contributed by atoms with Crippen LogP contribution in [-0.2, 0) is 0 Å². The molecule has 1 aliphatic rings. The number of aromatic nitrogens is 2. The molecule has 0 radical (unpaired) electrons. The number of hydrogen-bond acceptors (Lipinski definition) is 2. The maximum Gasteiger partial charge on any atom is 0.254 e. The third-order valence-electron chi connectivity index (χ3n) is 3.23. The minimum absolute atomic E-state index is 0.133. The van der Waals surface area contributed by atoms with Gasteiger partial charge in [-0.05, 0) is 31.9 Å². The summed E-state index contributed by atoms with van der Waals surface area (Å²) < 4.78 is 13.2. The molecule has 0 amide bonds. The van der Waals surface area contributed by atoms with Crippen molar-refractivity contribution in [2.24, 2.45) is 0 Å². The first-order valence-corrected chi connectivity index (χ1v) is 6.02. The van der Waals surface area contributed by atoms with Gasteiger partial charge < -0.3 is 4.98 Å². The Labute approximate surface area is 104 Å². The lowest BCUT2D eigenvalue weighted by Gasteiger charge is -2.07. The van der Waals surface area contributed by atoms with Gasteiger partial charge in [0, 0.05) is 17.0 Å². The van der Waals surface area contributed by atoms with Crippen molar-refractivity contribution >= 4 is 0 Å². The molecule has 1 N–H and O–H groups in total. The summed E-state index contributed by atoms with van der Waals surface area (Å²) in [5.41, 5.74) is 1.64. The van der Waals surface area contributed by atoms with Crippen molar-refractivity contribution in [3.8, 4) is 11.3 Å². The van der Waals surface area contributed by atoms with E-state index in [1.54, 1.807) is 19.1 Å². The Balaban J connectivity index is 2.18. The van der Waals surface area contributed by atoms with Gasteiger partial charge in [-0.2, -0.15) is 0 Å². The van der Waals surface area contributed by atoms with Crippen molar-refractivity contribution in [3.63, 3.8) is 0 Å². The standard InChI is InChI=1S/C14H13FN2O/c1-8-12(10-3-2-4-11(15)7-10)16-13(9-5-6-9)17-14(8)18/h2-4,7,9H,5-6H2,1H3,(H,16,17,18). The summed E-state index contributed by atoms with van der Waals surface area (Å²) in [6.07, 6.45) is 2.13. The van der Waals surface area contributed by atoms with E-state index in [0.29, 0.717) is 22.7 Å². The molecular formula is C14H13FN2O. The highest BCUT2D eigenvalue weighted by molar-refractivity contribution is 5.62. The number of benzene rings is 1. The number of hydrogen-bond donors (Lipinski definition) is 1. The summed E-state index contributed by atoms with van der Waals surface area (Å²) >= 11 is 0. The smallest absolute Gasteiger partial charge is 0.254 e. The Bertz CT molecular complexity index is 659. The zero-order valence-electron chi connectivity index (χ0n) is 10.0. The van der Waals surface area contributed by atoms with E-state index in [-0.39, 0.29) is 11.4 Å². The van der Waals surface area contributed by atoms with E-state index in [1.165, 1.54) is 12.1 Å². The molecule has 1 aromatic carbocycles. The van der Waals surface area contributed by atoms with Crippen molar-refractivity contribution in [1.29, 1.82) is 0 Å². The van der Waals surface area contributed by atoms with Crippen LogP contribution in [0.15, 0.2) is 29.1 Å². The monoisotopic (exact) mass is 244 g/mol. The highest BCUT2D eigenvalue weighted by atomic mass is 19.1. The van der Waals surface area contributed by atoms with E-state index in [4.69, 9.17) is 0 Å². The molecule has 3 rings (SSSR count). The van der Waals surface area contributed by atoms with Crippen molar-refractivity contribution in [2.75, 3.05) is 0 Å². The molecule has 1 aromatic heterocycles. The molecule has 1 fully saturated rings. The van der Waals surface area contributed by atoms with Gasteiger partial charge in [-0.1, -0.05) is 12.1 Å². The summed E-state index contributed by atoms with van der Waals surface area (Å²) in [6, 6.07) is 6.19. The number of rotatable bonds is 2. The number of nitrogens with one attached hydrogen (secondary N) is 1. The lowest BCUT2D eigenvalue weighted by molar-refractivity contribution is 0.628. The molecule has 4 heteroatoms. The Morgan fingerprint density at radius 1 is 1.39 bits per heavy atom. The molecule has 0 atom stereocenters. The molecule has 1 aliphatic carbocycles. The van der Waals surface area contributed by atoms with Gasteiger partial charge in [0.2, 0.25) is 0 Å². The van der Waals surface area contributed by atoms with Gasteiger partial charge in [-0.25, -0.2) is 9.37 Å². The van der Waals surface area contributed by atoms with Gasteiger partial charge in [0.25, 0.3) is 5.56 Å². The van der Waals surface area contributed by atoms with E-state index in [0.717, 1.165) is 18.7 Å². The number of halogens is 1. The molecule has 0 spiro atoms. The molecule has 1 heterocycles. The zero-order valence-corrected chi connectivity index (χ0v) is 10.0. The van der Waals surface area contributed by atoms with Gasteiger partial charge in [0.15, 0.2) is 0 Å². The second-order valence-electron chi connectivity index (χ2n) is 4.71. The average Bonchev–Trinajstić information content (AvgIpc) is 3.16. The first-order valence-electron chi connectivity index (χ1n) is 6.02. The van der Waals surface area contributed by atoms with Crippen LogP contribution in [0.3, 0.4) is 0 Å². The summed E-state index contributed by atoms with van der Waals surface area (Å²) in [4.78, 5) is 19.1.